The summed E-state index contributed by atoms with van der Waals surface area (Å²) in [7, 11) is 0. The highest BCUT2D eigenvalue weighted by atomic mass is 16.5. The largest absolute Gasteiger partial charge is 0.380 e. The Kier molecular flexibility index (Phi) is 6.15. The molecular formula is C22H30N8O2. The Bertz CT molecular complexity index is 1060. The van der Waals surface area contributed by atoms with Crippen LogP contribution in [0, 0.1) is 0 Å². The zero-order chi connectivity index (χ0) is 21.9. The second-order valence-electron chi connectivity index (χ2n) is 8.06. The summed E-state index contributed by atoms with van der Waals surface area (Å²) in [4.78, 5) is 16.6. The first-order valence-corrected chi connectivity index (χ1v) is 11.4. The fourth-order valence-electron chi connectivity index (χ4n) is 4.10. The first-order valence-electron chi connectivity index (χ1n) is 11.4. The SMILES string of the molecule is CCCOCCn1nc(COCC)c2nc(N3CC4NC[C@H]43)nc(Nc3ccccn3)c21. The number of piperazine rings is 1. The topological polar surface area (TPSA) is 102 Å². The minimum Gasteiger partial charge on any atom is -0.380 e. The Morgan fingerprint density at radius 1 is 1.19 bits per heavy atom. The third-order valence-electron chi connectivity index (χ3n) is 5.90. The van der Waals surface area contributed by atoms with E-state index in [1.54, 1.807) is 6.20 Å². The summed E-state index contributed by atoms with van der Waals surface area (Å²) < 4.78 is 13.4. The number of aromatic nitrogens is 5. The van der Waals surface area contributed by atoms with Gasteiger partial charge in [-0.05, 0) is 25.5 Å². The lowest BCUT2D eigenvalue weighted by Gasteiger charge is -2.56. The smallest absolute Gasteiger partial charge is 0.228 e. The average Bonchev–Trinajstić information content (AvgIpc) is 3.15. The second kappa shape index (κ2) is 9.35. The molecule has 170 valence electrons. The van der Waals surface area contributed by atoms with E-state index < -0.39 is 0 Å². The first-order chi connectivity index (χ1) is 15.8. The summed E-state index contributed by atoms with van der Waals surface area (Å²) >= 11 is 0. The lowest BCUT2D eigenvalue weighted by atomic mass is 9.89. The van der Waals surface area contributed by atoms with Gasteiger partial charge in [0.2, 0.25) is 5.95 Å². The molecule has 2 saturated heterocycles. The summed E-state index contributed by atoms with van der Waals surface area (Å²) in [6.45, 7) is 8.91. The van der Waals surface area contributed by atoms with E-state index >= 15 is 0 Å². The minimum atomic E-state index is 0.406. The van der Waals surface area contributed by atoms with Gasteiger partial charge >= 0.3 is 0 Å². The monoisotopic (exact) mass is 438 g/mol. The van der Waals surface area contributed by atoms with Crippen LogP contribution in [0.1, 0.15) is 26.0 Å². The predicted molar refractivity (Wildman–Crippen MR) is 122 cm³/mol. The molecule has 0 radical (unpaired) electrons. The number of hydrogen-bond donors (Lipinski definition) is 2. The number of anilines is 3. The molecule has 5 heterocycles. The van der Waals surface area contributed by atoms with Crippen LogP contribution >= 0.6 is 0 Å². The van der Waals surface area contributed by atoms with E-state index in [4.69, 9.17) is 24.5 Å². The highest BCUT2D eigenvalue weighted by molar-refractivity contribution is 5.90. The molecule has 0 spiro atoms. The van der Waals surface area contributed by atoms with Gasteiger partial charge in [0.05, 0.1) is 25.8 Å². The Balaban J connectivity index is 1.56. The average molecular weight is 439 g/mol. The van der Waals surface area contributed by atoms with Gasteiger partial charge in [0.25, 0.3) is 0 Å². The molecule has 10 heteroatoms. The Morgan fingerprint density at radius 2 is 2.12 bits per heavy atom. The number of nitrogens with one attached hydrogen (secondary N) is 2. The van der Waals surface area contributed by atoms with Crippen LogP contribution in [0.3, 0.4) is 0 Å². The van der Waals surface area contributed by atoms with Crippen LogP contribution in [0.15, 0.2) is 24.4 Å². The maximum absolute atomic E-state index is 5.73. The molecule has 2 aliphatic rings. The molecule has 5 rings (SSSR count). The van der Waals surface area contributed by atoms with Crippen LogP contribution < -0.4 is 15.5 Å². The van der Waals surface area contributed by atoms with Crippen LogP contribution in [0.5, 0.6) is 0 Å². The van der Waals surface area contributed by atoms with Crippen LogP contribution in [0.25, 0.3) is 11.0 Å². The quantitative estimate of drug-likeness (QED) is 0.436. The van der Waals surface area contributed by atoms with Gasteiger partial charge in [0.1, 0.15) is 22.5 Å². The van der Waals surface area contributed by atoms with Gasteiger partial charge in [-0.15, -0.1) is 0 Å². The van der Waals surface area contributed by atoms with Crippen LogP contribution in [-0.2, 0) is 22.6 Å². The molecule has 0 amide bonds. The molecule has 3 aromatic rings. The standard InChI is InChI=1S/C22H30N8O2/c1-3-10-32-11-9-30-20-19(16(28-30)14-31-4-2)26-22(29-13-15-17(29)12-24-15)27-21(20)25-18-7-5-6-8-23-18/h5-8,15,17,24H,3-4,9-14H2,1-2H3,(H,23,25,26,27)/t15?,17-/m1/s1. The number of ether oxygens (including phenoxy) is 2. The number of rotatable bonds is 11. The molecule has 0 aliphatic carbocycles. The van der Waals surface area contributed by atoms with Gasteiger partial charge < -0.3 is 25.0 Å². The van der Waals surface area contributed by atoms with E-state index in [0.717, 1.165) is 54.6 Å². The maximum atomic E-state index is 5.73. The lowest BCUT2D eigenvalue weighted by molar-refractivity contribution is 0.122. The number of nitrogens with zero attached hydrogens (tertiary/aromatic N) is 6. The van der Waals surface area contributed by atoms with Crippen LogP contribution in [0.2, 0.25) is 0 Å². The van der Waals surface area contributed by atoms with Gasteiger partial charge in [-0.3, -0.25) is 4.68 Å². The number of hydrogen-bond acceptors (Lipinski definition) is 9. The van der Waals surface area contributed by atoms with Gasteiger partial charge in [-0.2, -0.15) is 10.1 Å². The van der Waals surface area contributed by atoms with E-state index in [0.29, 0.717) is 44.3 Å². The van der Waals surface area contributed by atoms with E-state index in [1.807, 2.05) is 29.8 Å². The van der Waals surface area contributed by atoms with Crippen molar-refractivity contribution in [2.45, 2.75) is 45.5 Å². The summed E-state index contributed by atoms with van der Waals surface area (Å²) in [5.74, 6) is 2.15. The lowest BCUT2D eigenvalue weighted by Crippen LogP contribution is -2.78. The highest BCUT2D eigenvalue weighted by Crippen LogP contribution is 2.33. The maximum Gasteiger partial charge on any atom is 0.228 e. The number of fused-ring (bicyclic) bond motifs is 2. The molecule has 2 atom stereocenters. The Labute approximate surface area is 187 Å². The van der Waals surface area contributed by atoms with Crippen molar-refractivity contribution in [2.24, 2.45) is 0 Å². The summed E-state index contributed by atoms with van der Waals surface area (Å²) in [5.41, 5.74) is 2.47. The van der Waals surface area contributed by atoms with Gasteiger partial charge in [-0.25, -0.2) is 9.97 Å². The van der Waals surface area contributed by atoms with Crippen molar-refractivity contribution in [3.05, 3.63) is 30.1 Å². The zero-order valence-corrected chi connectivity index (χ0v) is 18.6. The summed E-state index contributed by atoms with van der Waals surface area (Å²) in [6, 6.07) is 6.78. The van der Waals surface area contributed by atoms with Crippen molar-refractivity contribution < 1.29 is 9.47 Å². The Hall–Kier alpha value is -2.82. The fraction of sp³-hybridized carbons (Fsp3) is 0.545. The molecule has 0 aromatic carbocycles. The predicted octanol–water partition coefficient (Wildman–Crippen LogP) is 2.09. The molecule has 32 heavy (non-hydrogen) atoms. The molecule has 2 aliphatic heterocycles. The van der Waals surface area contributed by atoms with Gasteiger partial charge in [-0.1, -0.05) is 13.0 Å². The van der Waals surface area contributed by atoms with E-state index in [-0.39, 0.29) is 0 Å². The number of pyridine rings is 1. The highest BCUT2D eigenvalue weighted by Gasteiger charge is 2.47. The molecule has 3 aromatic heterocycles. The van der Waals surface area contributed by atoms with Crippen LogP contribution in [0.4, 0.5) is 17.6 Å². The van der Waals surface area contributed by atoms with E-state index in [2.05, 4.69) is 27.4 Å². The first kappa shape index (κ1) is 21.0. The van der Waals surface area contributed by atoms with Gasteiger partial charge in [0.15, 0.2) is 5.82 Å². The van der Waals surface area contributed by atoms with Crippen molar-refractivity contribution in [3.63, 3.8) is 0 Å². The summed E-state index contributed by atoms with van der Waals surface area (Å²) in [5, 5.41) is 11.7. The third kappa shape index (κ3) is 4.01. The van der Waals surface area contributed by atoms with E-state index in [9.17, 15) is 0 Å². The third-order valence-corrected chi connectivity index (χ3v) is 5.90. The summed E-state index contributed by atoms with van der Waals surface area (Å²) in [6.07, 6.45) is 2.75. The molecule has 2 N–H and O–H groups in total. The molecule has 0 bridgehead atoms. The molecule has 2 fully saturated rings. The van der Waals surface area contributed by atoms with Crippen molar-refractivity contribution in [2.75, 3.05) is 43.1 Å². The van der Waals surface area contributed by atoms with E-state index in [1.165, 1.54) is 0 Å². The van der Waals surface area contributed by atoms with Crippen molar-refractivity contribution in [3.8, 4) is 0 Å². The second-order valence-corrected chi connectivity index (χ2v) is 8.06. The van der Waals surface area contributed by atoms with Crippen molar-refractivity contribution >= 4 is 28.6 Å². The molecule has 1 unspecified atom stereocenters. The molecule has 10 nitrogen and oxygen atoms in total. The normalized spacial score (nSPS) is 19.5. The molecular weight excluding hydrogens is 408 g/mol. The van der Waals surface area contributed by atoms with Crippen molar-refractivity contribution in [1.29, 1.82) is 0 Å². The van der Waals surface area contributed by atoms with Crippen LogP contribution in [-0.4, -0.2) is 69.7 Å². The van der Waals surface area contributed by atoms with Gasteiger partial charge in [0, 0.05) is 38.5 Å². The zero-order valence-electron chi connectivity index (χ0n) is 18.6. The molecule has 0 saturated carbocycles. The fourth-order valence-corrected chi connectivity index (χ4v) is 4.10. The van der Waals surface area contributed by atoms with Crippen molar-refractivity contribution in [1.82, 2.24) is 30.0 Å². The Morgan fingerprint density at radius 3 is 2.81 bits per heavy atom. The minimum absolute atomic E-state index is 0.406.